The molecule has 1 heterocycles. The molecule has 0 aliphatic carbocycles. The summed E-state index contributed by atoms with van der Waals surface area (Å²) in [4.78, 5) is 1.76. The molecule has 4 N–H and O–H groups in total. The van der Waals surface area contributed by atoms with Crippen LogP contribution in [0.4, 0.5) is 11.4 Å². The zero-order chi connectivity index (χ0) is 15.1. The molecule has 0 amide bonds. The second-order valence-corrected chi connectivity index (χ2v) is 8.71. The highest BCUT2D eigenvalue weighted by atomic mass is 32.2. The molecular weight excluding hydrogens is 302 g/mol. The van der Waals surface area contributed by atoms with E-state index in [0.717, 1.165) is 0 Å². The van der Waals surface area contributed by atoms with Crippen LogP contribution in [0.1, 0.15) is 6.92 Å². The van der Waals surface area contributed by atoms with E-state index in [4.69, 9.17) is 10.9 Å². The zero-order valence-electron chi connectivity index (χ0n) is 11.0. The minimum atomic E-state index is -3.82. The van der Waals surface area contributed by atoms with E-state index >= 15 is 0 Å². The van der Waals surface area contributed by atoms with Gasteiger partial charge in [-0.3, -0.25) is 0 Å². The third kappa shape index (κ3) is 3.05. The van der Waals surface area contributed by atoms with Crippen molar-refractivity contribution in [3.63, 3.8) is 0 Å². The average Bonchev–Trinajstić information content (AvgIpc) is 2.28. The van der Waals surface area contributed by atoms with E-state index in [1.54, 1.807) is 11.8 Å². The summed E-state index contributed by atoms with van der Waals surface area (Å²) in [5.74, 6) is 0.0441. The van der Waals surface area contributed by atoms with Crippen LogP contribution >= 0.6 is 0 Å². The largest absolute Gasteiger partial charge is 0.397 e. The lowest BCUT2D eigenvalue weighted by Crippen LogP contribution is -2.47. The SMILES string of the molecule is CC1CS(=O)(=O)CCN1c1cc(S(N)(=O)=O)ccc1N. The van der Waals surface area contributed by atoms with Crippen LogP contribution in [0.25, 0.3) is 0 Å². The van der Waals surface area contributed by atoms with Gasteiger partial charge in [0.2, 0.25) is 10.0 Å². The Morgan fingerprint density at radius 2 is 2.00 bits per heavy atom. The molecule has 0 saturated carbocycles. The van der Waals surface area contributed by atoms with Crippen LogP contribution in [0.15, 0.2) is 23.1 Å². The van der Waals surface area contributed by atoms with Crippen molar-refractivity contribution in [3.8, 4) is 0 Å². The van der Waals surface area contributed by atoms with E-state index in [2.05, 4.69) is 0 Å². The van der Waals surface area contributed by atoms with Gasteiger partial charge in [0.1, 0.15) is 0 Å². The lowest BCUT2D eigenvalue weighted by molar-refractivity contribution is 0.568. The Balaban J connectivity index is 2.43. The first kappa shape index (κ1) is 15.1. The van der Waals surface area contributed by atoms with E-state index in [0.29, 0.717) is 11.4 Å². The van der Waals surface area contributed by atoms with E-state index in [9.17, 15) is 16.8 Å². The highest BCUT2D eigenvalue weighted by Gasteiger charge is 2.29. The summed E-state index contributed by atoms with van der Waals surface area (Å²) >= 11 is 0. The highest BCUT2D eigenvalue weighted by Crippen LogP contribution is 2.29. The van der Waals surface area contributed by atoms with Crippen molar-refractivity contribution in [2.75, 3.05) is 28.7 Å². The van der Waals surface area contributed by atoms with Gasteiger partial charge in [0.25, 0.3) is 0 Å². The number of rotatable bonds is 2. The molecule has 2 rings (SSSR count). The van der Waals surface area contributed by atoms with E-state index in [1.807, 2.05) is 0 Å². The Hall–Kier alpha value is -1.32. The summed E-state index contributed by atoms with van der Waals surface area (Å²) in [5.41, 5.74) is 6.76. The Labute approximate surface area is 118 Å². The van der Waals surface area contributed by atoms with E-state index in [1.165, 1.54) is 18.2 Å². The smallest absolute Gasteiger partial charge is 0.238 e. The average molecular weight is 319 g/mol. The molecule has 7 nitrogen and oxygen atoms in total. The Morgan fingerprint density at radius 3 is 2.55 bits per heavy atom. The van der Waals surface area contributed by atoms with E-state index in [-0.39, 0.29) is 29.0 Å². The molecule has 0 bridgehead atoms. The van der Waals surface area contributed by atoms with Gasteiger partial charge in [-0.15, -0.1) is 0 Å². The van der Waals surface area contributed by atoms with Crippen LogP contribution in [0.2, 0.25) is 0 Å². The quantitative estimate of drug-likeness (QED) is 0.711. The molecule has 20 heavy (non-hydrogen) atoms. The molecule has 1 atom stereocenters. The van der Waals surface area contributed by atoms with Crippen LogP contribution in [0.3, 0.4) is 0 Å². The number of anilines is 2. The molecule has 1 aliphatic rings. The van der Waals surface area contributed by atoms with Gasteiger partial charge in [-0.1, -0.05) is 0 Å². The summed E-state index contributed by atoms with van der Waals surface area (Å²) in [7, 11) is -6.87. The maximum atomic E-state index is 11.6. The van der Waals surface area contributed by atoms with Gasteiger partial charge in [0.15, 0.2) is 9.84 Å². The number of nitrogens with zero attached hydrogens (tertiary/aromatic N) is 1. The number of hydrogen-bond donors (Lipinski definition) is 2. The van der Waals surface area contributed by atoms with Gasteiger partial charge in [-0.2, -0.15) is 0 Å². The van der Waals surface area contributed by atoms with Crippen LogP contribution in [-0.4, -0.2) is 40.9 Å². The van der Waals surface area contributed by atoms with E-state index < -0.39 is 19.9 Å². The van der Waals surface area contributed by atoms with Gasteiger partial charge in [-0.05, 0) is 25.1 Å². The second kappa shape index (κ2) is 4.90. The first-order valence-electron chi connectivity index (χ1n) is 5.99. The van der Waals surface area contributed by atoms with Gasteiger partial charge in [0, 0.05) is 12.6 Å². The van der Waals surface area contributed by atoms with Crippen LogP contribution in [0, 0.1) is 0 Å². The topological polar surface area (TPSA) is 124 Å². The van der Waals surface area contributed by atoms with Gasteiger partial charge >= 0.3 is 0 Å². The molecule has 1 fully saturated rings. The molecule has 0 radical (unpaired) electrons. The summed E-state index contributed by atoms with van der Waals surface area (Å²) in [6.45, 7) is 2.04. The van der Waals surface area contributed by atoms with Crippen molar-refractivity contribution < 1.29 is 16.8 Å². The standard InChI is InChI=1S/C11H17N3O4S2/c1-8-7-19(15,16)5-4-14(8)11-6-9(20(13,17)18)2-3-10(11)12/h2-3,6,8H,4-5,7,12H2,1H3,(H2,13,17,18). The normalized spacial score (nSPS) is 22.7. The number of nitrogens with two attached hydrogens (primary N) is 2. The molecule has 1 aromatic rings. The number of benzene rings is 1. The zero-order valence-corrected chi connectivity index (χ0v) is 12.6. The predicted octanol–water partition coefficient (Wildman–Crippen LogP) is -0.460. The number of sulfonamides is 1. The Kier molecular flexibility index (Phi) is 3.69. The molecule has 0 aromatic heterocycles. The minimum absolute atomic E-state index is 0.0199. The monoisotopic (exact) mass is 319 g/mol. The molecule has 112 valence electrons. The van der Waals surface area contributed by atoms with Crippen molar-refractivity contribution >= 4 is 31.2 Å². The number of sulfone groups is 1. The third-order valence-corrected chi connectivity index (χ3v) is 6.02. The van der Waals surface area contributed by atoms with Crippen LogP contribution < -0.4 is 15.8 Å². The summed E-state index contributed by atoms with van der Waals surface area (Å²) in [6.07, 6.45) is 0. The molecule has 0 spiro atoms. The Bertz CT molecular complexity index is 728. The van der Waals surface area contributed by atoms with Crippen molar-refractivity contribution in [1.29, 1.82) is 0 Å². The molecular formula is C11H17N3O4S2. The third-order valence-electron chi connectivity index (χ3n) is 3.31. The Morgan fingerprint density at radius 1 is 1.35 bits per heavy atom. The van der Waals surface area contributed by atoms with Gasteiger partial charge < -0.3 is 10.6 Å². The molecule has 1 unspecified atom stereocenters. The summed E-state index contributed by atoms with van der Waals surface area (Å²) in [6, 6.07) is 3.91. The molecule has 1 saturated heterocycles. The maximum absolute atomic E-state index is 11.6. The predicted molar refractivity (Wildman–Crippen MR) is 77.7 cm³/mol. The fourth-order valence-corrected chi connectivity index (χ4v) is 4.40. The van der Waals surface area contributed by atoms with Gasteiger partial charge in [-0.25, -0.2) is 22.0 Å². The number of primary sulfonamides is 1. The second-order valence-electron chi connectivity index (χ2n) is 4.92. The first-order valence-corrected chi connectivity index (χ1v) is 9.36. The van der Waals surface area contributed by atoms with Crippen molar-refractivity contribution in [2.24, 2.45) is 5.14 Å². The summed E-state index contributed by atoms with van der Waals surface area (Å²) in [5, 5.41) is 5.10. The van der Waals surface area contributed by atoms with Crippen molar-refractivity contribution in [3.05, 3.63) is 18.2 Å². The number of nitrogen functional groups attached to an aromatic ring is 1. The lowest BCUT2D eigenvalue weighted by atomic mass is 10.2. The van der Waals surface area contributed by atoms with Crippen LogP contribution in [0.5, 0.6) is 0 Å². The summed E-state index contributed by atoms with van der Waals surface area (Å²) < 4.78 is 45.9. The fourth-order valence-electron chi connectivity index (χ4n) is 2.31. The molecule has 9 heteroatoms. The molecule has 1 aromatic carbocycles. The lowest BCUT2D eigenvalue weighted by Gasteiger charge is -2.36. The highest BCUT2D eigenvalue weighted by molar-refractivity contribution is 7.91. The van der Waals surface area contributed by atoms with Crippen molar-refractivity contribution in [1.82, 2.24) is 0 Å². The van der Waals surface area contributed by atoms with Gasteiger partial charge in [0.05, 0.1) is 27.8 Å². The maximum Gasteiger partial charge on any atom is 0.238 e. The fraction of sp³-hybridized carbons (Fsp3) is 0.455. The minimum Gasteiger partial charge on any atom is -0.397 e. The molecule has 1 aliphatic heterocycles. The number of hydrogen-bond acceptors (Lipinski definition) is 6. The first-order chi connectivity index (χ1) is 9.10. The van der Waals surface area contributed by atoms with Crippen molar-refractivity contribution in [2.45, 2.75) is 17.9 Å². The van der Waals surface area contributed by atoms with Crippen LogP contribution in [-0.2, 0) is 19.9 Å².